The minimum Gasteiger partial charge on any atom is -0.444 e. The Morgan fingerprint density at radius 1 is 1.21 bits per heavy atom. The van der Waals surface area contributed by atoms with E-state index in [1.165, 1.54) is 10.1 Å². The van der Waals surface area contributed by atoms with Crippen LogP contribution in [0.2, 0.25) is 0 Å². The zero-order valence-electron chi connectivity index (χ0n) is 14.6. The first kappa shape index (κ1) is 17.1. The second kappa shape index (κ2) is 7.01. The monoisotopic (exact) mass is 346 g/mol. The minimum absolute atomic E-state index is 0.177. The lowest BCUT2D eigenvalue weighted by molar-refractivity contribution is 0.0492. The average Bonchev–Trinajstić information content (AvgIpc) is 2.93. The number of hydrogen-bond acceptors (Lipinski definition) is 4. The number of rotatable bonds is 3. The normalized spacial score (nSPS) is 21.5. The standard InChI is InChI=1S/C19H26N2O2S/c1-19(2,3)23-18(22)21-15-6-4-5-14(12-15)20-16-7-8-17-13(11-16)9-10-24-17/h7-11,14-15,20H,4-6,12H2,1-3H3,(H,21,22). The molecule has 2 unspecified atom stereocenters. The highest BCUT2D eigenvalue weighted by molar-refractivity contribution is 7.17. The third-order valence-corrected chi connectivity index (χ3v) is 5.12. The Morgan fingerprint density at radius 2 is 2.00 bits per heavy atom. The van der Waals surface area contributed by atoms with Crippen LogP contribution in [0.5, 0.6) is 0 Å². The predicted molar refractivity (Wildman–Crippen MR) is 101 cm³/mol. The van der Waals surface area contributed by atoms with E-state index in [9.17, 15) is 4.79 Å². The second-order valence-electron chi connectivity index (χ2n) is 7.52. The number of anilines is 1. The number of alkyl carbamates (subject to hydrolysis) is 1. The van der Waals surface area contributed by atoms with E-state index in [4.69, 9.17) is 4.74 Å². The molecule has 0 spiro atoms. The molecule has 2 N–H and O–H groups in total. The van der Waals surface area contributed by atoms with E-state index in [2.05, 4.69) is 40.3 Å². The average molecular weight is 346 g/mol. The van der Waals surface area contributed by atoms with Gasteiger partial charge in [-0.15, -0.1) is 11.3 Å². The number of benzene rings is 1. The van der Waals surface area contributed by atoms with Crippen molar-refractivity contribution >= 4 is 33.2 Å². The summed E-state index contributed by atoms with van der Waals surface area (Å²) in [6.07, 6.45) is 3.88. The Bertz CT molecular complexity index is 705. The number of carbonyl (C=O) groups is 1. The van der Waals surface area contributed by atoms with Crippen molar-refractivity contribution in [2.75, 3.05) is 5.32 Å². The fraction of sp³-hybridized carbons (Fsp3) is 0.526. The molecule has 24 heavy (non-hydrogen) atoms. The molecule has 2 atom stereocenters. The van der Waals surface area contributed by atoms with E-state index in [0.29, 0.717) is 6.04 Å². The molecule has 0 aliphatic heterocycles. The van der Waals surface area contributed by atoms with Crippen LogP contribution in [0.1, 0.15) is 46.5 Å². The van der Waals surface area contributed by atoms with Gasteiger partial charge in [-0.05, 0) is 81.5 Å². The van der Waals surface area contributed by atoms with Crippen molar-refractivity contribution in [3.63, 3.8) is 0 Å². The Labute approximate surface area is 147 Å². The molecule has 1 aromatic carbocycles. The van der Waals surface area contributed by atoms with Crippen LogP contribution >= 0.6 is 11.3 Å². The van der Waals surface area contributed by atoms with Crippen LogP contribution in [0, 0.1) is 0 Å². The van der Waals surface area contributed by atoms with Crippen LogP contribution in [0.25, 0.3) is 10.1 Å². The van der Waals surface area contributed by atoms with Gasteiger partial charge in [-0.3, -0.25) is 0 Å². The highest BCUT2D eigenvalue weighted by Gasteiger charge is 2.25. The summed E-state index contributed by atoms with van der Waals surface area (Å²) in [7, 11) is 0. The van der Waals surface area contributed by atoms with Crippen LogP contribution in [0.3, 0.4) is 0 Å². The molecule has 0 saturated heterocycles. The third-order valence-electron chi connectivity index (χ3n) is 4.22. The molecule has 0 radical (unpaired) electrons. The summed E-state index contributed by atoms with van der Waals surface area (Å²) < 4.78 is 6.68. The summed E-state index contributed by atoms with van der Waals surface area (Å²) in [5.74, 6) is 0. The van der Waals surface area contributed by atoms with Crippen LogP contribution in [0.4, 0.5) is 10.5 Å². The molecule has 1 aliphatic rings. The molecule has 0 bridgehead atoms. The molecule has 1 aliphatic carbocycles. The molecule has 4 nitrogen and oxygen atoms in total. The quantitative estimate of drug-likeness (QED) is 0.808. The fourth-order valence-corrected chi connectivity index (χ4v) is 3.99. The zero-order valence-corrected chi connectivity index (χ0v) is 15.4. The Morgan fingerprint density at radius 3 is 2.79 bits per heavy atom. The van der Waals surface area contributed by atoms with Crippen LogP contribution in [0.15, 0.2) is 29.6 Å². The number of amides is 1. The first-order valence-corrected chi connectivity index (χ1v) is 9.50. The van der Waals surface area contributed by atoms with Crippen molar-refractivity contribution in [3.8, 4) is 0 Å². The maximum absolute atomic E-state index is 12.0. The molecular formula is C19H26N2O2S. The van der Waals surface area contributed by atoms with E-state index in [0.717, 1.165) is 31.4 Å². The van der Waals surface area contributed by atoms with Gasteiger partial charge in [0.25, 0.3) is 0 Å². The lowest BCUT2D eigenvalue weighted by Gasteiger charge is -2.31. The minimum atomic E-state index is -0.452. The predicted octanol–water partition coefficient (Wildman–Crippen LogP) is 5.15. The second-order valence-corrected chi connectivity index (χ2v) is 8.47. The van der Waals surface area contributed by atoms with Gasteiger partial charge in [0.2, 0.25) is 0 Å². The summed E-state index contributed by atoms with van der Waals surface area (Å²) in [6, 6.07) is 9.23. The highest BCUT2D eigenvalue weighted by Crippen LogP contribution is 2.27. The van der Waals surface area contributed by atoms with Gasteiger partial charge in [0.15, 0.2) is 0 Å². The molecule has 5 heteroatoms. The Kier molecular flexibility index (Phi) is 4.99. The maximum atomic E-state index is 12.0. The highest BCUT2D eigenvalue weighted by atomic mass is 32.1. The van der Waals surface area contributed by atoms with Gasteiger partial charge in [-0.1, -0.05) is 0 Å². The SMILES string of the molecule is CC(C)(C)OC(=O)NC1CCCC(Nc2ccc3sccc3c2)C1. The van der Waals surface area contributed by atoms with Gasteiger partial charge in [0, 0.05) is 22.5 Å². The topological polar surface area (TPSA) is 50.4 Å². The van der Waals surface area contributed by atoms with E-state index >= 15 is 0 Å². The van der Waals surface area contributed by atoms with Gasteiger partial charge < -0.3 is 15.4 Å². The number of hydrogen-bond donors (Lipinski definition) is 2. The van der Waals surface area contributed by atoms with Crippen LogP contribution in [-0.2, 0) is 4.74 Å². The van der Waals surface area contributed by atoms with E-state index in [-0.39, 0.29) is 12.1 Å². The summed E-state index contributed by atoms with van der Waals surface area (Å²) in [5.41, 5.74) is 0.704. The summed E-state index contributed by atoms with van der Waals surface area (Å²) >= 11 is 1.76. The van der Waals surface area contributed by atoms with Gasteiger partial charge >= 0.3 is 6.09 Å². The van der Waals surface area contributed by atoms with Crippen molar-refractivity contribution in [1.29, 1.82) is 0 Å². The largest absolute Gasteiger partial charge is 0.444 e. The number of ether oxygens (including phenoxy) is 1. The lowest BCUT2D eigenvalue weighted by Crippen LogP contribution is -2.43. The molecule has 1 amide bonds. The summed E-state index contributed by atoms with van der Waals surface area (Å²) in [6.45, 7) is 5.66. The number of carbonyl (C=O) groups excluding carboxylic acids is 1. The van der Waals surface area contributed by atoms with Crippen LogP contribution < -0.4 is 10.6 Å². The van der Waals surface area contributed by atoms with Crippen molar-refractivity contribution in [3.05, 3.63) is 29.6 Å². The fourth-order valence-electron chi connectivity index (χ4n) is 3.22. The number of fused-ring (bicyclic) bond motifs is 1. The van der Waals surface area contributed by atoms with Gasteiger partial charge in [-0.25, -0.2) is 4.79 Å². The third kappa shape index (κ3) is 4.63. The van der Waals surface area contributed by atoms with Gasteiger partial charge in [0.05, 0.1) is 0 Å². The van der Waals surface area contributed by atoms with E-state index in [1.807, 2.05) is 20.8 Å². The van der Waals surface area contributed by atoms with E-state index in [1.54, 1.807) is 11.3 Å². The molecule has 1 saturated carbocycles. The summed E-state index contributed by atoms with van der Waals surface area (Å²) in [5, 5.41) is 10.0. The first-order valence-electron chi connectivity index (χ1n) is 8.62. The number of nitrogens with one attached hydrogen (secondary N) is 2. The van der Waals surface area contributed by atoms with Crippen molar-refractivity contribution in [1.82, 2.24) is 5.32 Å². The van der Waals surface area contributed by atoms with Crippen LogP contribution in [-0.4, -0.2) is 23.8 Å². The maximum Gasteiger partial charge on any atom is 0.407 e. The van der Waals surface area contributed by atoms with Gasteiger partial charge in [-0.2, -0.15) is 0 Å². The molecule has 130 valence electrons. The molecule has 1 fully saturated rings. The first-order chi connectivity index (χ1) is 11.4. The zero-order chi connectivity index (χ0) is 17.2. The Balaban J connectivity index is 1.56. The molecule has 1 heterocycles. The van der Waals surface area contributed by atoms with E-state index < -0.39 is 5.60 Å². The van der Waals surface area contributed by atoms with Gasteiger partial charge in [0.1, 0.15) is 5.60 Å². The summed E-state index contributed by atoms with van der Waals surface area (Å²) in [4.78, 5) is 12.0. The smallest absolute Gasteiger partial charge is 0.407 e. The number of thiophene rings is 1. The molecule has 3 rings (SSSR count). The lowest BCUT2D eigenvalue weighted by atomic mass is 9.91. The Hall–Kier alpha value is -1.75. The molecular weight excluding hydrogens is 320 g/mol. The van der Waals surface area contributed by atoms with Crippen molar-refractivity contribution < 1.29 is 9.53 Å². The van der Waals surface area contributed by atoms with Crippen molar-refractivity contribution in [2.24, 2.45) is 0 Å². The molecule has 2 aromatic rings. The van der Waals surface area contributed by atoms with Crippen molar-refractivity contribution in [2.45, 2.75) is 64.1 Å². The molecule has 1 aromatic heterocycles.